The number of benzene rings is 2. The molecule has 0 radical (unpaired) electrons. The van der Waals surface area contributed by atoms with Crippen molar-refractivity contribution in [2.45, 2.75) is 17.1 Å². The summed E-state index contributed by atoms with van der Waals surface area (Å²) in [5.41, 5.74) is -0.0102. The van der Waals surface area contributed by atoms with Crippen LogP contribution in [0.15, 0.2) is 59.5 Å². The molecule has 2 aromatic carbocycles. The molecule has 1 aliphatic rings. The predicted molar refractivity (Wildman–Crippen MR) is 92.0 cm³/mol. The molecule has 0 bridgehead atoms. The summed E-state index contributed by atoms with van der Waals surface area (Å²) < 4.78 is 65.7. The fourth-order valence-corrected chi connectivity index (χ4v) is 4.68. The third kappa shape index (κ3) is 3.77. The normalized spacial score (nSPS) is 20.2. The smallest absolute Gasteiger partial charge is 0.303 e. The predicted octanol–water partition coefficient (Wildman–Crippen LogP) is 3.38. The van der Waals surface area contributed by atoms with Crippen molar-refractivity contribution in [1.29, 1.82) is 0 Å². The van der Waals surface area contributed by atoms with E-state index in [1.807, 2.05) is 42.3 Å². The number of hydrogen-bond donors (Lipinski definition) is 0. The van der Waals surface area contributed by atoms with Crippen LogP contribution in [0.1, 0.15) is 17.2 Å². The van der Waals surface area contributed by atoms with E-state index in [-0.39, 0.29) is 17.5 Å². The summed E-state index contributed by atoms with van der Waals surface area (Å²) in [5, 5.41) is 0. The molecule has 0 saturated carbocycles. The minimum Gasteiger partial charge on any atom is -0.303 e. The van der Waals surface area contributed by atoms with E-state index < -0.39 is 21.8 Å². The molecule has 26 heavy (non-hydrogen) atoms. The summed E-state index contributed by atoms with van der Waals surface area (Å²) in [6.45, 7) is 1.35. The molecule has 8 heteroatoms. The monoisotopic (exact) mass is 384 g/mol. The van der Waals surface area contributed by atoms with Crippen molar-refractivity contribution < 1.29 is 21.6 Å². The first-order chi connectivity index (χ1) is 12.2. The van der Waals surface area contributed by atoms with Gasteiger partial charge in [-0.05, 0) is 36.9 Å². The first kappa shape index (κ1) is 18.9. The molecule has 0 aromatic heterocycles. The van der Waals surface area contributed by atoms with Gasteiger partial charge in [-0.15, -0.1) is 0 Å². The molecule has 1 fully saturated rings. The molecular formula is C18H19F3N2O2S. The maximum absolute atomic E-state index is 13.1. The SMILES string of the molecule is CN1CCN(S(=O)(=O)c2ccc(C(F)(F)F)cc2)[C@@H](c2ccccc2)C1. The topological polar surface area (TPSA) is 40.6 Å². The van der Waals surface area contributed by atoms with Crippen molar-refractivity contribution >= 4 is 10.0 Å². The van der Waals surface area contributed by atoms with Crippen LogP contribution >= 0.6 is 0 Å². The molecular weight excluding hydrogens is 365 g/mol. The van der Waals surface area contributed by atoms with Crippen LogP contribution < -0.4 is 0 Å². The highest BCUT2D eigenvalue weighted by molar-refractivity contribution is 7.89. The molecule has 1 heterocycles. The van der Waals surface area contributed by atoms with Crippen molar-refractivity contribution in [3.05, 3.63) is 65.7 Å². The van der Waals surface area contributed by atoms with E-state index in [9.17, 15) is 21.6 Å². The van der Waals surface area contributed by atoms with Gasteiger partial charge in [-0.3, -0.25) is 0 Å². The van der Waals surface area contributed by atoms with Gasteiger partial charge in [-0.1, -0.05) is 30.3 Å². The maximum Gasteiger partial charge on any atom is 0.416 e. The molecule has 0 unspecified atom stereocenters. The highest BCUT2D eigenvalue weighted by atomic mass is 32.2. The Balaban J connectivity index is 1.96. The fraction of sp³-hybridized carbons (Fsp3) is 0.333. The van der Waals surface area contributed by atoms with Gasteiger partial charge in [0.25, 0.3) is 0 Å². The van der Waals surface area contributed by atoms with Crippen LogP contribution in [0, 0.1) is 0 Å². The highest BCUT2D eigenvalue weighted by Gasteiger charge is 2.37. The molecule has 3 rings (SSSR count). The second-order valence-corrected chi connectivity index (χ2v) is 8.22. The van der Waals surface area contributed by atoms with Crippen molar-refractivity contribution in [2.24, 2.45) is 0 Å². The Morgan fingerprint density at radius 3 is 2.15 bits per heavy atom. The van der Waals surface area contributed by atoms with E-state index in [0.29, 0.717) is 13.1 Å². The van der Waals surface area contributed by atoms with Gasteiger partial charge in [-0.25, -0.2) is 8.42 Å². The third-order valence-electron chi connectivity index (χ3n) is 4.51. The Bertz CT molecular complexity index is 852. The van der Waals surface area contributed by atoms with Gasteiger partial charge in [0.05, 0.1) is 16.5 Å². The molecule has 0 N–H and O–H groups in total. The van der Waals surface area contributed by atoms with Crippen LogP contribution in [0.3, 0.4) is 0 Å². The second kappa shape index (κ2) is 7.02. The third-order valence-corrected chi connectivity index (χ3v) is 6.43. The van der Waals surface area contributed by atoms with Gasteiger partial charge in [0, 0.05) is 19.6 Å². The zero-order valence-corrected chi connectivity index (χ0v) is 15.0. The summed E-state index contributed by atoms with van der Waals surface area (Å²) in [5.74, 6) is 0. The number of likely N-dealkylation sites (N-methyl/N-ethyl adjacent to an activating group) is 1. The molecule has 2 aromatic rings. The van der Waals surface area contributed by atoms with E-state index in [4.69, 9.17) is 0 Å². The standard InChI is InChI=1S/C18H19F3N2O2S/c1-22-11-12-23(17(13-22)14-5-3-2-4-6-14)26(24,25)16-9-7-15(8-10-16)18(19,20)21/h2-10,17H,11-13H2,1H3/t17-/m1/s1. The highest BCUT2D eigenvalue weighted by Crippen LogP contribution is 2.33. The summed E-state index contributed by atoms with van der Waals surface area (Å²) in [4.78, 5) is 1.91. The van der Waals surface area contributed by atoms with E-state index in [1.54, 1.807) is 0 Å². The van der Waals surface area contributed by atoms with Gasteiger partial charge in [0.15, 0.2) is 0 Å². The number of alkyl halides is 3. The van der Waals surface area contributed by atoms with E-state index in [1.165, 1.54) is 4.31 Å². The lowest BCUT2D eigenvalue weighted by Crippen LogP contribution is -2.49. The molecule has 1 saturated heterocycles. The lowest BCUT2D eigenvalue weighted by atomic mass is 10.1. The molecule has 1 aliphatic heterocycles. The minimum absolute atomic E-state index is 0.129. The quantitative estimate of drug-likeness (QED) is 0.815. The van der Waals surface area contributed by atoms with Crippen LogP contribution in [0.5, 0.6) is 0 Å². The Kier molecular flexibility index (Phi) is 5.09. The average Bonchev–Trinajstić information content (AvgIpc) is 2.61. The number of hydrogen-bond acceptors (Lipinski definition) is 3. The Morgan fingerprint density at radius 2 is 1.58 bits per heavy atom. The zero-order valence-electron chi connectivity index (χ0n) is 14.1. The molecule has 1 atom stereocenters. The lowest BCUT2D eigenvalue weighted by Gasteiger charge is -2.39. The van der Waals surface area contributed by atoms with E-state index >= 15 is 0 Å². The van der Waals surface area contributed by atoms with Crippen LogP contribution in [0.25, 0.3) is 0 Å². The van der Waals surface area contributed by atoms with Gasteiger partial charge < -0.3 is 4.90 Å². The number of sulfonamides is 1. The molecule has 140 valence electrons. The first-order valence-electron chi connectivity index (χ1n) is 8.12. The van der Waals surface area contributed by atoms with E-state index in [0.717, 1.165) is 29.8 Å². The molecule has 0 amide bonds. The van der Waals surface area contributed by atoms with Crippen molar-refractivity contribution in [3.8, 4) is 0 Å². The zero-order chi connectivity index (χ0) is 18.9. The summed E-state index contributed by atoms with van der Waals surface area (Å²) in [6, 6.07) is 12.5. The van der Waals surface area contributed by atoms with Crippen molar-refractivity contribution in [1.82, 2.24) is 9.21 Å². The summed E-state index contributed by atoms with van der Waals surface area (Å²) in [7, 11) is -1.99. The van der Waals surface area contributed by atoms with Crippen LogP contribution in [-0.4, -0.2) is 44.3 Å². The van der Waals surface area contributed by atoms with Crippen molar-refractivity contribution in [2.75, 3.05) is 26.7 Å². The number of rotatable bonds is 3. The van der Waals surface area contributed by atoms with Crippen LogP contribution in [0.2, 0.25) is 0 Å². The maximum atomic E-state index is 13.1. The Hall–Kier alpha value is -1.90. The summed E-state index contributed by atoms with van der Waals surface area (Å²) in [6.07, 6.45) is -4.50. The summed E-state index contributed by atoms with van der Waals surface area (Å²) >= 11 is 0. The van der Waals surface area contributed by atoms with Gasteiger partial charge in [0.1, 0.15) is 0 Å². The first-order valence-corrected chi connectivity index (χ1v) is 9.56. The fourth-order valence-electron chi connectivity index (χ4n) is 3.09. The number of halogens is 3. The van der Waals surface area contributed by atoms with Gasteiger partial charge in [-0.2, -0.15) is 17.5 Å². The number of nitrogens with zero attached hydrogens (tertiary/aromatic N) is 2. The number of piperazine rings is 1. The van der Waals surface area contributed by atoms with Crippen molar-refractivity contribution in [3.63, 3.8) is 0 Å². The average molecular weight is 384 g/mol. The van der Waals surface area contributed by atoms with Crippen LogP contribution in [0.4, 0.5) is 13.2 Å². The molecule has 0 aliphatic carbocycles. The Morgan fingerprint density at radius 1 is 0.962 bits per heavy atom. The van der Waals surface area contributed by atoms with Gasteiger partial charge in [0.2, 0.25) is 10.0 Å². The molecule has 4 nitrogen and oxygen atoms in total. The van der Waals surface area contributed by atoms with Gasteiger partial charge >= 0.3 is 6.18 Å². The minimum atomic E-state index is -4.50. The molecule has 0 spiro atoms. The largest absolute Gasteiger partial charge is 0.416 e. The Labute approximate surface area is 150 Å². The van der Waals surface area contributed by atoms with Crippen LogP contribution in [-0.2, 0) is 16.2 Å². The lowest BCUT2D eigenvalue weighted by molar-refractivity contribution is -0.137. The van der Waals surface area contributed by atoms with E-state index in [2.05, 4.69) is 0 Å². The second-order valence-electron chi connectivity index (χ2n) is 6.33.